The van der Waals surface area contributed by atoms with Gasteiger partial charge in [-0.1, -0.05) is 0 Å². The highest BCUT2D eigenvalue weighted by molar-refractivity contribution is 5.79. The number of nitro benzene ring substituents is 1. The molecule has 5 nitrogen and oxygen atoms in total. The Bertz CT molecular complexity index is 731. The first-order valence-corrected chi connectivity index (χ1v) is 5.79. The summed E-state index contributed by atoms with van der Waals surface area (Å²) in [7, 11) is 0. The molecule has 0 amide bonds. The smallest absolute Gasteiger partial charge is 0.275 e. The van der Waals surface area contributed by atoms with E-state index in [4.69, 9.17) is 4.74 Å². The number of hydrogen-bond acceptors (Lipinski definition) is 4. The van der Waals surface area contributed by atoms with Crippen molar-refractivity contribution in [2.45, 2.75) is 6.92 Å². The highest BCUT2D eigenvalue weighted by atomic mass is 19.1. The summed E-state index contributed by atoms with van der Waals surface area (Å²) < 4.78 is 32.0. The van der Waals surface area contributed by atoms with Gasteiger partial charge in [0.05, 0.1) is 16.6 Å². The predicted octanol–water partition coefficient (Wildman–Crippen LogP) is 3.79. The fourth-order valence-corrected chi connectivity index (χ4v) is 1.74. The summed E-state index contributed by atoms with van der Waals surface area (Å²) >= 11 is 0. The molecule has 2 aromatic carbocycles. The second kappa shape index (κ2) is 5.66. The molecule has 108 valence electrons. The van der Waals surface area contributed by atoms with Crippen LogP contribution in [0.3, 0.4) is 0 Å². The molecule has 0 aliphatic heterocycles. The van der Waals surface area contributed by atoms with Gasteiger partial charge in [-0.3, -0.25) is 14.9 Å². The SMILES string of the molecule is Cc1cc(Oc2ccc(F)cc2C=O)c(F)cc1[N+](=O)[O-]. The minimum atomic E-state index is -0.950. The lowest BCUT2D eigenvalue weighted by molar-refractivity contribution is -0.385. The molecule has 7 heteroatoms. The number of aldehydes is 1. The molecule has 0 aliphatic carbocycles. The summed E-state index contributed by atoms with van der Waals surface area (Å²) in [6.07, 6.45) is 0.370. The number of nitro groups is 1. The maximum Gasteiger partial charge on any atom is 0.275 e. The van der Waals surface area contributed by atoms with Crippen molar-refractivity contribution < 1.29 is 23.2 Å². The first kappa shape index (κ1) is 14.6. The lowest BCUT2D eigenvalue weighted by Crippen LogP contribution is -1.97. The third-order valence-corrected chi connectivity index (χ3v) is 2.77. The largest absolute Gasteiger partial charge is 0.454 e. The summed E-state index contributed by atoms with van der Waals surface area (Å²) in [6.45, 7) is 1.43. The molecule has 0 heterocycles. The first-order valence-electron chi connectivity index (χ1n) is 5.79. The van der Waals surface area contributed by atoms with Gasteiger partial charge in [0.2, 0.25) is 0 Å². The van der Waals surface area contributed by atoms with E-state index in [9.17, 15) is 23.7 Å². The van der Waals surface area contributed by atoms with Gasteiger partial charge < -0.3 is 4.74 Å². The maximum atomic E-state index is 13.8. The van der Waals surface area contributed by atoms with Gasteiger partial charge in [-0.05, 0) is 31.2 Å². The van der Waals surface area contributed by atoms with Crippen LogP contribution < -0.4 is 4.74 Å². The van der Waals surface area contributed by atoms with Crippen LogP contribution >= 0.6 is 0 Å². The molecule has 0 aliphatic rings. The number of rotatable bonds is 4. The van der Waals surface area contributed by atoms with E-state index in [1.54, 1.807) is 0 Å². The van der Waals surface area contributed by atoms with E-state index in [0.29, 0.717) is 6.29 Å². The highest BCUT2D eigenvalue weighted by Gasteiger charge is 2.17. The lowest BCUT2D eigenvalue weighted by atomic mass is 10.2. The molecular formula is C14H9F2NO4. The van der Waals surface area contributed by atoms with Crippen LogP contribution in [0.2, 0.25) is 0 Å². The average Bonchev–Trinajstić information content (AvgIpc) is 2.43. The summed E-state index contributed by atoms with van der Waals surface area (Å²) in [5, 5.41) is 10.7. The Morgan fingerprint density at radius 2 is 1.90 bits per heavy atom. The topological polar surface area (TPSA) is 69.4 Å². The molecule has 0 atom stereocenters. The molecule has 0 radical (unpaired) electrons. The van der Waals surface area contributed by atoms with Gasteiger partial charge in [0.15, 0.2) is 17.9 Å². The van der Waals surface area contributed by atoms with E-state index < -0.39 is 16.6 Å². The Balaban J connectivity index is 2.43. The molecule has 0 unspecified atom stereocenters. The van der Waals surface area contributed by atoms with E-state index in [-0.39, 0.29) is 28.3 Å². The van der Waals surface area contributed by atoms with Crippen LogP contribution in [0.1, 0.15) is 15.9 Å². The van der Waals surface area contributed by atoms with Gasteiger partial charge in [-0.2, -0.15) is 0 Å². The Morgan fingerprint density at radius 1 is 1.19 bits per heavy atom. The van der Waals surface area contributed by atoms with Crippen molar-refractivity contribution >= 4 is 12.0 Å². The summed E-state index contributed by atoms with van der Waals surface area (Å²) in [4.78, 5) is 20.8. The monoisotopic (exact) mass is 293 g/mol. The van der Waals surface area contributed by atoms with Crippen LogP contribution in [-0.4, -0.2) is 11.2 Å². The summed E-state index contributed by atoms with van der Waals surface area (Å²) in [5.41, 5.74) is -0.272. The zero-order valence-corrected chi connectivity index (χ0v) is 10.8. The molecule has 2 rings (SSSR count). The van der Waals surface area contributed by atoms with Gasteiger partial charge >= 0.3 is 0 Å². The Hall–Kier alpha value is -2.83. The van der Waals surface area contributed by atoms with E-state index >= 15 is 0 Å². The Morgan fingerprint density at radius 3 is 2.52 bits per heavy atom. The number of carbonyl (C=O) groups is 1. The Labute approximate surface area is 117 Å². The number of hydrogen-bond donors (Lipinski definition) is 0. The minimum Gasteiger partial charge on any atom is -0.454 e. The molecule has 0 aromatic heterocycles. The second-order valence-corrected chi connectivity index (χ2v) is 4.23. The van der Waals surface area contributed by atoms with Crippen molar-refractivity contribution in [3.63, 3.8) is 0 Å². The molecule has 2 aromatic rings. The van der Waals surface area contributed by atoms with Crippen molar-refractivity contribution in [1.29, 1.82) is 0 Å². The van der Waals surface area contributed by atoms with Gasteiger partial charge in [0.1, 0.15) is 11.6 Å². The quantitative estimate of drug-likeness (QED) is 0.488. The number of halogens is 2. The molecule has 0 saturated carbocycles. The number of nitrogens with zero attached hydrogens (tertiary/aromatic N) is 1. The van der Waals surface area contributed by atoms with Gasteiger partial charge in [-0.15, -0.1) is 0 Å². The van der Waals surface area contributed by atoms with Gasteiger partial charge in [-0.25, -0.2) is 8.78 Å². The average molecular weight is 293 g/mol. The zero-order chi connectivity index (χ0) is 15.6. The second-order valence-electron chi connectivity index (χ2n) is 4.23. The molecule has 0 N–H and O–H groups in total. The van der Waals surface area contributed by atoms with Crippen LogP contribution in [0.25, 0.3) is 0 Å². The molecular weight excluding hydrogens is 284 g/mol. The third-order valence-electron chi connectivity index (χ3n) is 2.77. The fourth-order valence-electron chi connectivity index (χ4n) is 1.74. The molecule has 0 saturated heterocycles. The van der Waals surface area contributed by atoms with Crippen LogP contribution in [0.5, 0.6) is 11.5 Å². The van der Waals surface area contributed by atoms with Crippen molar-refractivity contribution in [3.8, 4) is 11.5 Å². The zero-order valence-electron chi connectivity index (χ0n) is 10.8. The third kappa shape index (κ3) is 3.02. The van der Waals surface area contributed by atoms with Crippen molar-refractivity contribution in [2.24, 2.45) is 0 Å². The Kier molecular flexibility index (Phi) is 3.93. The van der Waals surface area contributed by atoms with Gasteiger partial charge in [0, 0.05) is 5.56 Å². The van der Waals surface area contributed by atoms with E-state index in [0.717, 1.165) is 24.3 Å². The highest BCUT2D eigenvalue weighted by Crippen LogP contribution is 2.31. The van der Waals surface area contributed by atoms with E-state index in [2.05, 4.69) is 0 Å². The van der Waals surface area contributed by atoms with E-state index in [1.807, 2.05) is 0 Å². The number of carbonyl (C=O) groups excluding carboxylic acids is 1. The minimum absolute atomic E-state index is 0.0430. The molecule has 0 fully saturated rings. The maximum absolute atomic E-state index is 13.8. The first-order chi connectivity index (χ1) is 9.92. The van der Waals surface area contributed by atoms with Crippen LogP contribution in [0, 0.1) is 28.7 Å². The number of ether oxygens (including phenoxy) is 1. The van der Waals surface area contributed by atoms with Crippen molar-refractivity contribution in [3.05, 3.63) is 63.2 Å². The molecule has 0 bridgehead atoms. The standard InChI is InChI=1S/C14H9F2NO4/c1-8-4-14(11(16)6-12(8)17(19)20)21-13-3-2-10(15)5-9(13)7-18/h2-7H,1H3. The number of aryl methyl sites for hydroxylation is 1. The summed E-state index contributed by atoms with van der Waals surface area (Å²) in [6, 6.07) is 5.05. The van der Waals surface area contributed by atoms with Crippen LogP contribution in [0.15, 0.2) is 30.3 Å². The lowest BCUT2D eigenvalue weighted by Gasteiger charge is -2.10. The molecule has 0 spiro atoms. The van der Waals surface area contributed by atoms with Crippen LogP contribution in [0.4, 0.5) is 14.5 Å². The normalized spacial score (nSPS) is 10.2. The van der Waals surface area contributed by atoms with Crippen molar-refractivity contribution in [2.75, 3.05) is 0 Å². The summed E-state index contributed by atoms with van der Waals surface area (Å²) in [5.74, 6) is -1.91. The number of benzene rings is 2. The van der Waals surface area contributed by atoms with E-state index in [1.165, 1.54) is 13.0 Å². The predicted molar refractivity (Wildman–Crippen MR) is 69.7 cm³/mol. The van der Waals surface area contributed by atoms with Gasteiger partial charge in [0.25, 0.3) is 5.69 Å². The fraction of sp³-hybridized carbons (Fsp3) is 0.0714. The van der Waals surface area contributed by atoms with Crippen LogP contribution in [-0.2, 0) is 0 Å². The van der Waals surface area contributed by atoms with Crippen molar-refractivity contribution in [1.82, 2.24) is 0 Å². The molecule has 21 heavy (non-hydrogen) atoms.